The quantitative estimate of drug-likeness (QED) is 0.826. The molecule has 2 aromatic carbocycles. The Bertz CT molecular complexity index is 931. The van der Waals surface area contributed by atoms with E-state index in [0.717, 1.165) is 11.6 Å². The molecular weight excluding hydrogens is 367 g/mol. The van der Waals surface area contributed by atoms with Crippen LogP contribution in [0.1, 0.15) is 22.3 Å². The van der Waals surface area contributed by atoms with Crippen molar-refractivity contribution >= 4 is 11.6 Å². The fourth-order valence-corrected chi connectivity index (χ4v) is 3.43. The number of rotatable bonds is 2. The Morgan fingerprint density at radius 2 is 1.96 bits per heavy atom. The average molecular weight is 386 g/mol. The Morgan fingerprint density at radius 3 is 2.71 bits per heavy atom. The van der Waals surface area contributed by atoms with E-state index in [0.29, 0.717) is 25.3 Å². The molecule has 146 valence electrons. The van der Waals surface area contributed by atoms with Gasteiger partial charge in [0.05, 0.1) is 31.0 Å². The van der Waals surface area contributed by atoms with Crippen molar-refractivity contribution in [1.29, 1.82) is 0 Å². The van der Waals surface area contributed by atoms with E-state index in [-0.39, 0.29) is 41.9 Å². The summed E-state index contributed by atoms with van der Waals surface area (Å²) >= 11 is 0. The Labute approximate surface area is 160 Å². The van der Waals surface area contributed by atoms with Crippen LogP contribution in [0, 0.1) is 5.82 Å². The zero-order chi connectivity index (χ0) is 19.7. The summed E-state index contributed by atoms with van der Waals surface area (Å²) in [4.78, 5) is 20.1. The highest BCUT2D eigenvalue weighted by atomic mass is 19.1. The number of oxime groups is 1. The number of carbonyl (C=O) groups excluding carboxylic acids is 1. The number of nitrogens with zero attached hydrogens (tertiary/aromatic N) is 2. The lowest BCUT2D eigenvalue weighted by Gasteiger charge is -2.29. The van der Waals surface area contributed by atoms with Crippen LogP contribution in [-0.4, -0.2) is 58.6 Å². The van der Waals surface area contributed by atoms with Gasteiger partial charge in [-0.3, -0.25) is 4.79 Å². The van der Waals surface area contributed by atoms with Gasteiger partial charge in [-0.1, -0.05) is 17.3 Å². The highest BCUT2D eigenvalue weighted by molar-refractivity contribution is 6.02. The van der Waals surface area contributed by atoms with E-state index >= 15 is 0 Å². The van der Waals surface area contributed by atoms with Crippen LogP contribution in [-0.2, 0) is 9.57 Å². The van der Waals surface area contributed by atoms with Crippen LogP contribution in [0.5, 0.6) is 11.5 Å². The first kappa shape index (κ1) is 18.2. The summed E-state index contributed by atoms with van der Waals surface area (Å²) in [6, 6.07) is 9.82. The van der Waals surface area contributed by atoms with Crippen LogP contribution in [0.15, 0.2) is 47.6 Å². The van der Waals surface area contributed by atoms with Gasteiger partial charge in [-0.05, 0) is 29.8 Å². The lowest BCUT2D eigenvalue weighted by atomic mass is 9.94. The van der Waals surface area contributed by atoms with Gasteiger partial charge in [0, 0.05) is 19.0 Å². The summed E-state index contributed by atoms with van der Waals surface area (Å²) in [7, 11) is 0. The highest BCUT2D eigenvalue weighted by Gasteiger charge is 2.44. The van der Waals surface area contributed by atoms with E-state index in [1.165, 1.54) is 24.3 Å². The molecule has 8 heteroatoms. The van der Waals surface area contributed by atoms with Crippen molar-refractivity contribution in [3.8, 4) is 11.5 Å². The van der Waals surface area contributed by atoms with E-state index in [1.807, 2.05) is 0 Å². The first-order chi connectivity index (χ1) is 13.5. The normalized spacial score (nSPS) is 21.9. The molecule has 4 rings (SSSR count). The fraction of sp³-hybridized carbons (Fsp3) is 0.300. The molecule has 0 bridgehead atoms. The molecule has 2 heterocycles. The Balaban J connectivity index is 1.53. The van der Waals surface area contributed by atoms with Crippen molar-refractivity contribution in [3.05, 3.63) is 59.4 Å². The molecule has 0 aliphatic carbocycles. The number of phenols is 2. The van der Waals surface area contributed by atoms with Crippen LogP contribution in [0.3, 0.4) is 0 Å². The standard InChI is InChI=1S/C20H19FN2O5/c21-14-3-1-13(2-4-14)17-10-20(28-22-17)11-23(7-8-27-12-20)19(26)16-6-5-15(24)9-18(16)25/h1-6,9,24-25H,7-8,10-12H2. The lowest BCUT2D eigenvalue weighted by molar-refractivity contribution is -0.0701. The van der Waals surface area contributed by atoms with Gasteiger partial charge in [0.1, 0.15) is 17.3 Å². The SMILES string of the molecule is O=C(c1ccc(O)cc1O)N1CCOCC2(CC(c3ccc(F)cc3)=NO2)C1. The molecule has 1 atom stereocenters. The number of benzene rings is 2. The minimum atomic E-state index is -0.845. The van der Waals surface area contributed by atoms with Crippen LogP contribution >= 0.6 is 0 Å². The third-order valence-electron chi connectivity index (χ3n) is 4.87. The van der Waals surface area contributed by atoms with Crippen LogP contribution in [0.2, 0.25) is 0 Å². The molecule has 2 aliphatic heterocycles. The highest BCUT2D eigenvalue weighted by Crippen LogP contribution is 2.31. The first-order valence-corrected chi connectivity index (χ1v) is 8.86. The summed E-state index contributed by atoms with van der Waals surface area (Å²) in [5, 5.41) is 23.6. The number of phenolic OH excluding ortho intramolecular Hbond substituents is 2. The molecule has 1 unspecified atom stereocenters. The Hall–Kier alpha value is -3.13. The van der Waals surface area contributed by atoms with Gasteiger partial charge in [-0.25, -0.2) is 4.39 Å². The van der Waals surface area contributed by atoms with E-state index < -0.39 is 5.60 Å². The minimum Gasteiger partial charge on any atom is -0.508 e. The Kier molecular flexibility index (Phi) is 4.64. The van der Waals surface area contributed by atoms with Crippen molar-refractivity contribution in [3.63, 3.8) is 0 Å². The predicted octanol–water partition coefficient (Wildman–Crippen LogP) is 2.27. The van der Waals surface area contributed by atoms with Gasteiger partial charge in [0.25, 0.3) is 5.91 Å². The maximum absolute atomic E-state index is 13.2. The average Bonchev–Trinajstić information content (AvgIpc) is 2.96. The van der Waals surface area contributed by atoms with E-state index in [1.54, 1.807) is 17.0 Å². The summed E-state index contributed by atoms with van der Waals surface area (Å²) in [5.74, 6) is -1.14. The van der Waals surface area contributed by atoms with Crippen molar-refractivity contribution in [1.82, 2.24) is 4.90 Å². The second kappa shape index (κ2) is 7.12. The molecule has 1 amide bonds. The summed E-state index contributed by atoms with van der Waals surface area (Å²) in [6.07, 6.45) is 0.407. The predicted molar refractivity (Wildman–Crippen MR) is 97.9 cm³/mol. The minimum absolute atomic E-state index is 0.0903. The second-order valence-electron chi connectivity index (χ2n) is 6.98. The smallest absolute Gasteiger partial charge is 0.257 e. The van der Waals surface area contributed by atoms with Gasteiger partial charge in [0.2, 0.25) is 0 Å². The number of aromatic hydroxyl groups is 2. The largest absolute Gasteiger partial charge is 0.508 e. The van der Waals surface area contributed by atoms with Gasteiger partial charge >= 0.3 is 0 Å². The van der Waals surface area contributed by atoms with Gasteiger partial charge < -0.3 is 24.7 Å². The zero-order valence-corrected chi connectivity index (χ0v) is 15.0. The molecule has 1 spiro atoms. The summed E-state index contributed by atoms with van der Waals surface area (Å²) in [5.41, 5.74) is 0.650. The van der Waals surface area contributed by atoms with Crippen molar-refractivity contribution in [2.45, 2.75) is 12.0 Å². The fourth-order valence-electron chi connectivity index (χ4n) is 3.43. The topological polar surface area (TPSA) is 91.6 Å². The number of amides is 1. The molecule has 2 aromatic rings. The molecule has 2 aliphatic rings. The summed E-state index contributed by atoms with van der Waals surface area (Å²) in [6.45, 7) is 1.13. The van der Waals surface area contributed by atoms with Crippen LogP contribution in [0.4, 0.5) is 4.39 Å². The van der Waals surface area contributed by atoms with E-state index in [4.69, 9.17) is 9.57 Å². The lowest BCUT2D eigenvalue weighted by Crippen LogP contribution is -2.46. The number of carbonyl (C=O) groups is 1. The van der Waals surface area contributed by atoms with Gasteiger partial charge in [0.15, 0.2) is 5.60 Å². The molecule has 1 saturated heterocycles. The molecule has 28 heavy (non-hydrogen) atoms. The number of ether oxygens (including phenoxy) is 1. The maximum atomic E-state index is 13.2. The first-order valence-electron chi connectivity index (χ1n) is 8.86. The third kappa shape index (κ3) is 3.50. The molecular formula is C20H19FN2O5. The number of halogens is 1. The number of hydrogen-bond acceptors (Lipinski definition) is 6. The number of hydrogen-bond donors (Lipinski definition) is 2. The van der Waals surface area contributed by atoms with Crippen molar-refractivity contribution in [2.24, 2.45) is 5.16 Å². The molecule has 0 saturated carbocycles. The van der Waals surface area contributed by atoms with E-state index in [9.17, 15) is 19.4 Å². The van der Waals surface area contributed by atoms with Crippen LogP contribution in [0.25, 0.3) is 0 Å². The van der Waals surface area contributed by atoms with Crippen LogP contribution < -0.4 is 0 Å². The molecule has 0 radical (unpaired) electrons. The maximum Gasteiger partial charge on any atom is 0.257 e. The van der Waals surface area contributed by atoms with Crippen molar-refractivity contribution < 1.29 is 29.0 Å². The Morgan fingerprint density at radius 1 is 1.18 bits per heavy atom. The van der Waals surface area contributed by atoms with Gasteiger partial charge in [-0.2, -0.15) is 0 Å². The second-order valence-corrected chi connectivity index (χ2v) is 6.98. The third-order valence-corrected chi connectivity index (χ3v) is 4.87. The molecule has 1 fully saturated rings. The van der Waals surface area contributed by atoms with Crippen molar-refractivity contribution in [2.75, 3.05) is 26.3 Å². The van der Waals surface area contributed by atoms with E-state index in [2.05, 4.69) is 5.16 Å². The summed E-state index contributed by atoms with van der Waals surface area (Å²) < 4.78 is 18.8. The molecule has 0 aromatic heterocycles. The monoisotopic (exact) mass is 386 g/mol. The molecule has 7 nitrogen and oxygen atoms in total. The van der Waals surface area contributed by atoms with Gasteiger partial charge in [-0.15, -0.1) is 0 Å². The molecule has 2 N–H and O–H groups in total. The zero-order valence-electron chi connectivity index (χ0n) is 15.0.